The lowest BCUT2D eigenvalue weighted by molar-refractivity contribution is 0.453. The van der Waals surface area contributed by atoms with Crippen LogP contribution in [0.5, 0.6) is 0 Å². The summed E-state index contributed by atoms with van der Waals surface area (Å²) in [4.78, 5) is 0. The molecule has 1 aliphatic carbocycles. The molecule has 0 aliphatic heterocycles. The molecule has 2 aromatic carbocycles. The smallest absolute Gasteiger partial charge is 0.159 e. The average Bonchev–Trinajstić information content (AvgIpc) is 2.92. The molecular weight excluding hydrogens is 268 g/mol. The van der Waals surface area contributed by atoms with Crippen LogP contribution in [0.15, 0.2) is 42.5 Å². The van der Waals surface area contributed by atoms with Crippen LogP contribution in [-0.4, -0.2) is 13.1 Å². The predicted octanol–water partition coefficient (Wildman–Crippen LogP) is 3.83. The van der Waals surface area contributed by atoms with Crippen LogP contribution in [0.2, 0.25) is 0 Å². The van der Waals surface area contributed by atoms with E-state index < -0.39 is 11.6 Å². The Bertz CT molecular complexity index is 639. The van der Waals surface area contributed by atoms with Gasteiger partial charge in [-0.25, -0.2) is 8.78 Å². The Morgan fingerprint density at radius 2 is 1.95 bits per heavy atom. The Labute approximate surface area is 124 Å². The van der Waals surface area contributed by atoms with E-state index >= 15 is 0 Å². The molecule has 2 aromatic rings. The summed E-state index contributed by atoms with van der Waals surface area (Å²) in [5.74, 6) is -1.13. The highest BCUT2D eigenvalue weighted by atomic mass is 19.2. The van der Waals surface area contributed by atoms with Gasteiger partial charge in [-0.2, -0.15) is 0 Å². The molecule has 0 fully saturated rings. The Hall–Kier alpha value is -1.74. The molecule has 2 unspecified atom stereocenters. The van der Waals surface area contributed by atoms with Crippen LogP contribution < -0.4 is 5.32 Å². The highest BCUT2D eigenvalue weighted by Crippen LogP contribution is 2.36. The third kappa shape index (κ3) is 2.84. The van der Waals surface area contributed by atoms with Gasteiger partial charge in [0.15, 0.2) is 11.6 Å². The minimum Gasteiger partial charge on any atom is -0.316 e. The third-order valence-electron chi connectivity index (χ3n) is 4.48. The summed E-state index contributed by atoms with van der Waals surface area (Å²) in [6.45, 7) is 0. The summed E-state index contributed by atoms with van der Waals surface area (Å²) in [7, 11) is 1.94. The molecule has 0 radical (unpaired) electrons. The molecule has 3 heteroatoms. The van der Waals surface area contributed by atoms with Crippen LogP contribution in [0, 0.1) is 11.6 Å². The zero-order chi connectivity index (χ0) is 14.8. The Kier molecular flexibility index (Phi) is 4.02. The third-order valence-corrected chi connectivity index (χ3v) is 4.48. The fourth-order valence-corrected chi connectivity index (χ4v) is 3.37. The first-order valence-corrected chi connectivity index (χ1v) is 7.38. The van der Waals surface area contributed by atoms with Gasteiger partial charge in [-0.05, 0) is 55.1 Å². The van der Waals surface area contributed by atoms with Crippen molar-refractivity contribution in [1.82, 2.24) is 5.32 Å². The molecule has 2 atom stereocenters. The van der Waals surface area contributed by atoms with E-state index in [0.717, 1.165) is 18.4 Å². The number of fused-ring (bicyclic) bond motifs is 1. The van der Waals surface area contributed by atoms with Crippen molar-refractivity contribution in [3.05, 3.63) is 70.8 Å². The van der Waals surface area contributed by atoms with Gasteiger partial charge in [-0.1, -0.05) is 30.3 Å². The lowest BCUT2D eigenvalue weighted by Crippen LogP contribution is -2.33. The zero-order valence-electron chi connectivity index (χ0n) is 12.1. The maximum atomic E-state index is 13.4. The lowest BCUT2D eigenvalue weighted by Gasteiger charge is -2.24. The number of nitrogens with one attached hydrogen (secondary N) is 1. The van der Waals surface area contributed by atoms with E-state index in [2.05, 4.69) is 29.6 Å². The maximum absolute atomic E-state index is 13.4. The topological polar surface area (TPSA) is 12.0 Å². The lowest BCUT2D eigenvalue weighted by atomic mass is 9.89. The summed E-state index contributed by atoms with van der Waals surface area (Å²) >= 11 is 0. The molecule has 1 N–H and O–H groups in total. The Morgan fingerprint density at radius 1 is 1.14 bits per heavy atom. The molecule has 21 heavy (non-hydrogen) atoms. The van der Waals surface area contributed by atoms with E-state index in [1.165, 1.54) is 23.3 Å². The normalized spacial score (nSPS) is 18.5. The molecule has 0 heterocycles. The van der Waals surface area contributed by atoms with Gasteiger partial charge in [0.1, 0.15) is 0 Å². The molecule has 0 amide bonds. The maximum Gasteiger partial charge on any atom is 0.159 e. The summed E-state index contributed by atoms with van der Waals surface area (Å²) in [5, 5.41) is 3.35. The first-order valence-electron chi connectivity index (χ1n) is 7.38. The fraction of sp³-hybridized carbons (Fsp3) is 0.333. The summed E-state index contributed by atoms with van der Waals surface area (Å²) in [6.07, 6.45) is 2.90. The molecule has 1 aliphatic rings. The van der Waals surface area contributed by atoms with Crippen LogP contribution in [-0.2, 0) is 12.8 Å². The molecule has 0 spiro atoms. The van der Waals surface area contributed by atoms with Crippen molar-refractivity contribution in [2.75, 3.05) is 7.05 Å². The van der Waals surface area contributed by atoms with E-state index in [4.69, 9.17) is 0 Å². The highest BCUT2D eigenvalue weighted by molar-refractivity contribution is 5.36. The van der Waals surface area contributed by atoms with Crippen LogP contribution in [0.4, 0.5) is 8.78 Å². The van der Waals surface area contributed by atoms with Gasteiger partial charge in [-0.3, -0.25) is 0 Å². The van der Waals surface area contributed by atoms with Crippen LogP contribution in [0.3, 0.4) is 0 Å². The number of hydrogen-bond donors (Lipinski definition) is 1. The van der Waals surface area contributed by atoms with Gasteiger partial charge in [0, 0.05) is 12.0 Å². The van der Waals surface area contributed by atoms with E-state index in [1.807, 2.05) is 7.05 Å². The van der Waals surface area contributed by atoms with Crippen molar-refractivity contribution in [2.24, 2.45) is 0 Å². The van der Waals surface area contributed by atoms with E-state index in [-0.39, 0.29) is 6.04 Å². The Morgan fingerprint density at radius 3 is 2.71 bits per heavy atom. The van der Waals surface area contributed by atoms with Crippen molar-refractivity contribution < 1.29 is 8.78 Å². The quantitative estimate of drug-likeness (QED) is 0.901. The average molecular weight is 287 g/mol. The van der Waals surface area contributed by atoms with Crippen molar-refractivity contribution in [2.45, 2.75) is 31.2 Å². The standard InChI is InChI=1S/C18H19F2N/c1-21-18(11-12-6-9-16(19)17(20)10-12)15-8-7-13-4-2-3-5-14(13)15/h2-6,9-10,15,18,21H,7-8,11H2,1H3. The monoisotopic (exact) mass is 287 g/mol. The molecule has 1 nitrogen and oxygen atoms in total. The zero-order valence-corrected chi connectivity index (χ0v) is 12.1. The predicted molar refractivity (Wildman–Crippen MR) is 80.4 cm³/mol. The van der Waals surface area contributed by atoms with E-state index in [1.54, 1.807) is 6.07 Å². The fourth-order valence-electron chi connectivity index (χ4n) is 3.37. The first kappa shape index (κ1) is 14.2. The van der Waals surface area contributed by atoms with Gasteiger partial charge < -0.3 is 5.32 Å². The summed E-state index contributed by atoms with van der Waals surface area (Å²) < 4.78 is 26.4. The van der Waals surface area contributed by atoms with Crippen LogP contribution >= 0.6 is 0 Å². The SMILES string of the molecule is CNC(Cc1ccc(F)c(F)c1)C1CCc2ccccc21. The molecule has 0 saturated heterocycles. The van der Waals surface area contributed by atoms with Gasteiger partial charge in [0.25, 0.3) is 0 Å². The van der Waals surface area contributed by atoms with Crippen molar-refractivity contribution in [3.63, 3.8) is 0 Å². The largest absolute Gasteiger partial charge is 0.316 e. The molecule has 0 bridgehead atoms. The first-order chi connectivity index (χ1) is 10.2. The number of rotatable bonds is 4. The second-order valence-corrected chi connectivity index (χ2v) is 5.69. The van der Waals surface area contributed by atoms with Gasteiger partial charge in [0.2, 0.25) is 0 Å². The minimum absolute atomic E-state index is 0.235. The van der Waals surface area contributed by atoms with Gasteiger partial charge in [0.05, 0.1) is 0 Å². The van der Waals surface area contributed by atoms with Crippen LogP contribution in [0.1, 0.15) is 29.0 Å². The second kappa shape index (κ2) is 5.94. The number of benzene rings is 2. The molecule has 110 valence electrons. The number of halogens is 2. The highest BCUT2D eigenvalue weighted by Gasteiger charge is 2.28. The molecule has 3 rings (SSSR count). The van der Waals surface area contributed by atoms with Gasteiger partial charge in [-0.15, -0.1) is 0 Å². The minimum atomic E-state index is -0.786. The molecule has 0 aromatic heterocycles. The summed E-state index contributed by atoms with van der Waals surface area (Å²) in [5.41, 5.74) is 3.63. The van der Waals surface area contributed by atoms with Gasteiger partial charge >= 0.3 is 0 Å². The van der Waals surface area contributed by atoms with E-state index in [0.29, 0.717) is 12.3 Å². The molecular formula is C18H19F2N. The van der Waals surface area contributed by atoms with Crippen molar-refractivity contribution >= 4 is 0 Å². The van der Waals surface area contributed by atoms with Crippen molar-refractivity contribution in [3.8, 4) is 0 Å². The van der Waals surface area contributed by atoms with Crippen molar-refractivity contribution in [1.29, 1.82) is 0 Å². The molecule has 0 saturated carbocycles. The number of hydrogen-bond acceptors (Lipinski definition) is 1. The van der Waals surface area contributed by atoms with Crippen LogP contribution in [0.25, 0.3) is 0 Å². The second-order valence-electron chi connectivity index (χ2n) is 5.69. The van der Waals surface area contributed by atoms with E-state index in [9.17, 15) is 8.78 Å². The summed E-state index contributed by atoms with van der Waals surface area (Å²) in [6, 6.07) is 12.9. The number of aryl methyl sites for hydroxylation is 1. The Balaban J connectivity index is 1.81. The number of likely N-dealkylation sites (N-methyl/N-ethyl adjacent to an activating group) is 1.